The number of para-hydroxylation sites is 1. The first-order valence-corrected chi connectivity index (χ1v) is 9.91. The average molecular weight is 427 g/mol. The molecule has 138 valence electrons. The van der Waals surface area contributed by atoms with E-state index in [4.69, 9.17) is 23.2 Å². The van der Waals surface area contributed by atoms with Crippen molar-refractivity contribution < 1.29 is 4.92 Å². The third kappa shape index (κ3) is 3.64. The molecule has 4 rings (SSSR count). The lowest BCUT2D eigenvalue weighted by Crippen LogP contribution is -1.91. The smallest absolute Gasteiger partial charge is 0.258 e. The van der Waals surface area contributed by atoms with E-state index < -0.39 is 0 Å². The number of nitro groups is 1. The maximum atomic E-state index is 11.2. The van der Waals surface area contributed by atoms with Gasteiger partial charge in [-0.05, 0) is 23.8 Å². The topological polar surface area (TPSA) is 56.0 Å². The van der Waals surface area contributed by atoms with Crippen LogP contribution in [-0.4, -0.2) is 9.91 Å². The molecule has 4 aromatic rings. The largest absolute Gasteiger partial charge is 0.277 e. The summed E-state index contributed by atoms with van der Waals surface area (Å²) < 4.78 is 0. The Bertz CT molecular complexity index is 1170. The Morgan fingerprint density at radius 2 is 1.54 bits per heavy atom. The number of nitrogens with zero attached hydrogens (tertiary/aromatic N) is 2. The fraction of sp³-hybridized carbons (Fsp3) is 0. The van der Waals surface area contributed by atoms with Gasteiger partial charge in [0.15, 0.2) is 0 Å². The first-order valence-electron chi connectivity index (χ1n) is 8.28. The third-order valence-corrected chi connectivity index (χ3v) is 5.89. The molecule has 0 N–H and O–H groups in total. The lowest BCUT2D eigenvalue weighted by atomic mass is 10.0. The molecule has 0 atom stereocenters. The van der Waals surface area contributed by atoms with Crippen molar-refractivity contribution in [2.45, 2.75) is 0 Å². The number of thiazole rings is 1. The van der Waals surface area contributed by atoms with Crippen molar-refractivity contribution in [2.75, 3.05) is 0 Å². The lowest BCUT2D eigenvalue weighted by Gasteiger charge is -2.04. The van der Waals surface area contributed by atoms with Gasteiger partial charge in [-0.3, -0.25) is 10.1 Å². The molecule has 4 nitrogen and oxygen atoms in total. The molecule has 0 aliphatic heterocycles. The van der Waals surface area contributed by atoms with E-state index in [1.54, 1.807) is 30.3 Å². The van der Waals surface area contributed by atoms with Gasteiger partial charge in [-0.25, -0.2) is 4.98 Å². The summed E-state index contributed by atoms with van der Waals surface area (Å²) in [6.45, 7) is 0. The van der Waals surface area contributed by atoms with E-state index in [-0.39, 0.29) is 10.6 Å². The highest BCUT2D eigenvalue weighted by Gasteiger charge is 2.14. The monoisotopic (exact) mass is 426 g/mol. The SMILES string of the molecule is O=[N+]([O-])c1ccccc1-c1ccc(-c2nc(-c3ccc(Cl)c(Cl)c3)cs2)cc1. The third-order valence-electron chi connectivity index (χ3n) is 4.26. The van der Waals surface area contributed by atoms with Gasteiger partial charge in [0.25, 0.3) is 5.69 Å². The average Bonchev–Trinajstić information content (AvgIpc) is 3.20. The van der Waals surface area contributed by atoms with E-state index in [1.807, 2.05) is 35.7 Å². The van der Waals surface area contributed by atoms with Crippen molar-refractivity contribution in [2.24, 2.45) is 0 Å². The number of halogens is 2. The Morgan fingerprint density at radius 1 is 0.857 bits per heavy atom. The molecule has 0 bridgehead atoms. The van der Waals surface area contributed by atoms with Gasteiger partial charge >= 0.3 is 0 Å². The quantitative estimate of drug-likeness (QED) is 0.253. The van der Waals surface area contributed by atoms with Gasteiger partial charge in [0.2, 0.25) is 0 Å². The van der Waals surface area contributed by atoms with Gasteiger partial charge in [0.1, 0.15) is 5.01 Å². The molecule has 3 aromatic carbocycles. The molecule has 0 unspecified atom stereocenters. The van der Waals surface area contributed by atoms with Crippen LogP contribution in [0.3, 0.4) is 0 Å². The van der Waals surface area contributed by atoms with Crippen molar-refractivity contribution in [3.8, 4) is 33.0 Å². The van der Waals surface area contributed by atoms with Crippen LogP contribution in [0.4, 0.5) is 5.69 Å². The van der Waals surface area contributed by atoms with E-state index in [0.717, 1.165) is 27.4 Å². The minimum Gasteiger partial charge on any atom is -0.258 e. The van der Waals surface area contributed by atoms with Crippen molar-refractivity contribution in [1.29, 1.82) is 0 Å². The Morgan fingerprint density at radius 3 is 2.25 bits per heavy atom. The van der Waals surface area contributed by atoms with Crippen LogP contribution in [-0.2, 0) is 0 Å². The predicted molar refractivity (Wildman–Crippen MR) is 115 cm³/mol. The van der Waals surface area contributed by atoms with E-state index in [1.165, 1.54) is 17.4 Å². The Kier molecular flexibility index (Phi) is 5.13. The van der Waals surface area contributed by atoms with Crippen LogP contribution in [0.15, 0.2) is 72.1 Å². The van der Waals surface area contributed by atoms with Crippen molar-refractivity contribution in [3.63, 3.8) is 0 Å². The second-order valence-electron chi connectivity index (χ2n) is 6.02. The maximum Gasteiger partial charge on any atom is 0.277 e. The molecule has 7 heteroatoms. The van der Waals surface area contributed by atoms with Crippen LogP contribution in [0.25, 0.3) is 33.0 Å². The number of aromatic nitrogens is 1. The van der Waals surface area contributed by atoms with Gasteiger partial charge in [-0.1, -0.05) is 65.7 Å². The molecule has 0 aliphatic carbocycles. The van der Waals surface area contributed by atoms with Crippen LogP contribution in [0.1, 0.15) is 0 Å². The minimum absolute atomic E-state index is 0.0893. The van der Waals surface area contributed by atoms with Crippen LogP contribution in [0.2, 0.25) is 10.0 Å². The molecule has 28 heavy (non-hydrogen) atoms. The standard InChI is InChI=1S/C21H12Cl2N2O2S/c22-17-10-9-15(11-18(17)23)19-12-28-21(24-19)14-7-5-13(6-8-14)16-3-1-2-4-20(16)25(26)27/h1-12H. The summed E-state index contributed by atoms with van der Waals surface area (Å²) in [5.41, 5.74) is 4.13. The molecule has 0 radical (unpaired) electrons. The fourth-order valence-electron chi connectivity index (χ4n) is 2.86. The molecule has 0 fully saturated rings. The maximum absolute atomic E-state index is 11.2. The van der Waals surface area contributed by atoms with E-state index in [2.05, 4.69) is 4.98 Å². The highest BCUT2D eigenvalue weighted by atomic mass is 35.5. The Balaban J connectivity index is 1.64. The molecule has 0 aliphatic rings. The highest BCUT2D eigenvalue weighted by Crippen LogP contribution is 2.34. The number of rotatable bonds is 4. The van der Waals surface area contributed by atoms with Crippen LogP contribution in [0, 0.1) is 10.1 Å². The first kappa shape index (κ1) is 18.6. The summed E-state index contributed by atoms with van der Waals surface area (Å²) in [5, 5.41) is 15.1. The summed E-state index contributed by atoms with van der Waals surface area (Å²) in [6, 6.07) is 19.7. The summed E-state index contributed by atoms with van der Waals surface area (Å²) in [7, 11) is 0. The van der Waals surface area contributed by atoms with Gasteiger partial charge in [-0.2, -0.15) is 0 Å². The molecule has 0 spiro atoms. The van der Waals surface area contributed by atoms with Gasteiger partial charge in [-0.15, -0.1) is 11.3 Å². The van der Waals surface area contributed by atoms with Crippen LogP contribution >= 0.6 is 34.5 Å². The molecular formula is C21H12Cl2N2O2S. The molecule has 1 aromatic heterocycles. The zero-order valence-corrected chi connectivity index (χ0v) is 16.6. The summed E-state index contributed by atoms with van der Waals surface area (Å²) in [6.07, 6.45) is 0. The second-order valence-corrected chi connectivity index (χ2v) is 7.69. The van der Waals surface area contributed by atoms with Crippen molar-refractivity contribution >= 4 is 40.2 Å². The van der Waals surface area contributed by atoms with Crippen LogP contribution < -0.4 is 0 Å². The zero-order valence-electron chi connectivity index (χ0n) is 14.3. The molecule has 1 heterocycles. The lowest BCUT2D eigenvalue weighted by molar-refractivity contribution is -0.384. The van der Waals surface area contributed by atoms with E-state index >= 15 is 0 Å². The predicted octanol–water partition coefficient (Wildman–Crippen LogP) is 7.36. The van der Waals surface area contributed by atoms with E-state index in [0.29, 0.717) is 15.6 Å². The number of hydrogen-bond donors (Lipinski definition) is 0. The summed E-state index contributed by atoms with van der Waals surface area (Å²) in [4.78, 5) is 15.6. The fourth-order valence-corrected chi connectivity index (χ4v) is 4.00. The summed E-state index contributed by atoms with van der Waals surface area (Å²) >= 11 is 13.6. The van der Waals surface area contributed by atoms with Gasteiger partial charge < -0.3 is 0 Å². The molecular weight excluding hydrogens is 415 g/mol. The number of nitro benzene ring substituents is 1. The summed E-state index contributed by atoms with van der Waals surface area (Å²) in [5.74, 6) is 0. The molecule has 0 saturated heterocycles. The normalized spacial score (nSPS) is 10.8. The van der Waals surface area contributed by atoms with Crippen LogP contribution in [0.5, 0.6) is 0 Å². The van der Waals surface area contributed by atoms with Gasteiger partial charge in [0.05, 0.1) is 26.2 Å². The Hall–Kier alpha value is -2.73. The second kappa shape index (κ2) is 7.72. The highest BCUT2D eigenvalue weighted by molar-refractivity contribution is 7.13. The number of hydrogen-bond acceptors (Lipinski definition) is 4. The molecule has 0 saturated carbocycles. The minimum atomic E-state index is -0.367. The zero-order chi connectivity index (χ0) is 19.7. The Labute approximate surface area is 175 Å². The molecule has 0 amide bonds. The van der Waals surface area contributed by atoms with Crippen molar-refractivity contribution in [3.05, 3.63) is 92.3 Å². The van der Waals surface area contributed by atoms with Crippen molar-refractivity contribution in [1.82, 2.24) is 4.98 Å². The first-order chi connectivity index (χ1) is 13.5. The van der Waals surface area contributed by atoms with Gasteiger partial charge in [0, 0.05) is 22.6 Å². The number of benzene rings is 3. The van der Waals surface area contributed by atoms with E-state index in [9.17, 15) is 10.1 Å².